The van der Waals surface area contributed by atoms with Crippen molar-refractivity contribution in [3.05, 3.63) is 39.9 Å². The minimum Gasteiger partial charge on any atom is -0.350 e. The molecule has 0 aliphatic heterocycles. The lowest BCUT2D eigenvalue weighted by Gasteiger charge is -2.10. The summed E-state index contributed by atoms with van der Waals surface area (Å²) in [7, 11) is 0. The van der Waals surface area contributed by atoms with Crippen LogP contribution < -0.4 is 5.32 Å². The first-order chi connectivity index (χ1) is 9.04. The molecule has 0 saturated heterocycles. The third-order valence-corrected chi connectivity index (χ3v) is 3.99. The van der Waals surface area contributed by atoms with Gasteiger partial charge in [-0.1, -0.05) is 30.1 Å². The Morgan fingerprint density at radius 1 is 1.37 bits per heavy atom. The quantitative estimate of drug-likeness (QED) is 0.828. The van der Waals surface area contributed by atoms with Crippen molar-refractivity contribution in [2.24, 2.45) is 5.92 Å². The highest BCUT2D eigenvalue weighted by atomic mass is 35.5. The molecule has 2 atom stereocenters. The van der Waals surface area contributed by atoms with E-state index in [4.69, 9.17) is 23.2 Å². The molecular weight excluding hydrogens is 281 g/mol. The van der Waals surface area contributed by atoms with Crippen LogP contribution in [0.25, 0.3) is 6.08 Å². The second kappa shape index (κ2) is 6.44. The van der Waals surface area contributed by atoms with E-state index in [2.05, 4.69) is 12.2 Å². The van der Waals surface area contributed by atoms with Crippen LogP contribution in [-0.4, -0.2) is 11.9 Å². The Morgan fingerprint density at radius 3 is 2.84 bits per heavy atom. The number of carbonyl (C=O) groups is 1. The summed E-state index contributed by atoms with van der Waals surface area (Å²) in [5.41, 5.74) is 0.754. The molecule has 0 heterocycles. The van der Waals surface area contributed by atoms with E-state index in [9.17, 15) is 4.79 Å². The van der Waals surface area contributed by atoms with Crippen molar-refractivity contribution in [1.82, 2.24) is 5.32 Å². The van der Waals surface area contributed by atoms with Gasteiger partial charge in [-0.3, -0.25) is 4.79 Å². The molecule has 1 N–H and O–H groups in total. The van der Waals surface area contributed by atoms with Crippen molar-refractivity contribution in [2.75, 3.05) is 0 Å². The molecule has 1 aliphatic rings. The fourth-order valence-corrected chi connectivity index (χ4v) is 2.76. The maximum Gasteiger partial charge on any atom is 0.244 e. The molecule has 0 bridgehead atoms. The third-order valence-electron chi connectivity index (χ3n) is 3.41. The highest BCUT2D eigenvalue weighted by Crippen LogP contribution is 2.25. The van der Waals surface area contributed by atoms with Crippen molar-refractivity contribution in [3.63, 3.8) is 0 Å². The van der Waals surface area contributed by atoms with Crippen LogP contribution in [0.2, 0.25) is 10.0 Å². The molecule has 102 valence electrons. The standard InChI is InChI=1S/C15H17Cl2NO/c1-10-2-5-13(8-10)18-15(19)7-3-11-9-12(16)4-6-14(11)17/h3-4,6-7,9-10,13H,2,5,8H2,1H3,(H,18,19)/b7-3+. The average molecular weight is 298 g/mol. The summed E-state index contributed by atoms with van der Waals surface area (Å²) in [6.07, 6.45) is 6.54. The molecule has 1 aromatic rings. The lowest BCUT2D eigenvalue weighted by atomic mass is 10.1. The Kier molecular flexibility index (Phi) is 4.89. The zero-order valence-electron chi connectivity index (χ0n) is 10.8. The van der Waals surface area contributed by atoms with Gasteiger partial charge in [-0.2, -0.15) is 0 Å². The van der Waals surface area contributed by atoms with Gasteiger partial charge in [0, 0.05) is 22.2 Å². The maximum absolute atomic E-state index is 11.8. The van der Waals surface area contributed by atoms with Gasteiger partial charge in [0.2, 0.25) is 5.91 Å². The van der Waals surface area contributed by atoms with Crippen LogP contribution in [0.15, 0.2) is 24.3 Å². The molecule has 19 heavy (non-hydrogen) atoms. The van der Waals surface area contributed by atoms with E-state index >= 15 is 0 Å². The van der Waals surface area contributed by atoms with Gasteiger partial charge in [-0.15, -0.1) is 0 Å². The molecule has 1 amide bonds. The second-order valence-electron chi connectivity index (χ2n) is 5.12. The lowest BCUT2D eigenvalue weighted by molar-refractivity contribution is -0.117. The molecule has 1 aromatic carbocycles. The van der Waals surface area contributed by atoms with Crippen LogP contribution in [-0.2, 0) is 4.79 Å². The van der Waals surface area contributed by atoms with Crippen LogP contribution in [0.5, 0.6) is 0 Å². The number of rotatable bonds is 3. The van der Waals surface area contributed by atoms with Gasteiger partial charge < -0.3 is 5.32 Å². The first-order valence-electron chi connectivity index (χ1n) is 6.48. The minimum atomic E-state index is -0.0739. The number of hydrogen-bond acceptors (Lipinski definition) is 1. The van der Waals surface area contributed by atoms with Gasteiger partial charge in [0.15, 0.2) is 0 Å². The highest BCUT2D eigenvalue weighted by molar-refractivity contribution is 6.34. The van der Waals surface area contributed by atoms with Gasteiger partial charge in [0.1, 0.15) is 0 Å². The molecule has 1 saturated carbocycles. The van der Waals surface area contributed by atoms with E-state index in [0.29, 0.717) is 22.0 Å². The molecule has 2 nitrogen and oxygen atoms in total. The number of hydrogen-bond donors (Lipinski definition) is 1. The second-order valence-corrected chi connectivity index (χ2v) is 5.97. The predicted molar refractivity (Wildman–Crippen MR) is 80.4 cm³/mol. The summed E-state index contributed by atoms with van der Waals surface area (Å²) >= 11 is 11.9. The summed E-state index contributed by atoms with van der Waals surface area (Å²) in [4.78, 5) is 11.8. The van der Waals surface area contributed by atoms with Gasteiger partial charge in [0.05, 0.1) is 0 Å². The fraction of sp³-hybridized carbons (Fsp3) is 0.400. The van der Waals surface area contributed by atoms with Crippen LogP contribution in [0.4, 0.5) is 0 Å². The molecule has 1 aliphatic carbocycles. The summed E-state index contributed by atoms with van der Waals surface area (Å²) in [6.45, 7) is 2.22. The topological polar surface area (TPSA) is 29.1 Å². The van der Waals surface area contributed by atoms with E-state index in [1.165, 1.54) is 12.5 Å². The summed E-state index contributed by atoms with van der Waals surface area (Å²) in [6, 6.07) is 5.49. The SMILES string of the molecule is CC1CCC(NC(=O)/C=C/c2cc(Cl)ccc2Cl)C1. The summed E-state index contributed by atoms with van der Waals surface area (Å²) in [5.74, 6) is 0.631. The van der Waals surface area contributed by atoms with Gasteiger partial charge in [-0.05, 0) is 55.0 Å². The molecule has 0 aromatic heterocycles. The first kappa shape index (κ1) is 14.4. The predicted octanol–water partition coefficient (Wildman–Crippen LogP) is 4.31. The van der Waals surface area contributed by atoms with Gasteiger partial charge >= 0.3 is 0 Å². The van der Waals surface area contributed by atoms with Crippen LogP contribution >= 0.6 is 23.2 Å². The minimum absolute atomic E-state index is 0.0739. The van der Waals surface area contributed by atoms with E-state index < -0.39 is 0 Å². The zero-order valence-corrected chi connectivity index (χ0v) is 12.3. The van der Waals surface area contributed by atoms with E-state index in [1.807, 2.05) is 0 Å². The van der Waals surface area contributed by atoms with Crippen molar-refractivity contribution in [1.29, 1.82) is 0 Å². The molecular formula is C15H17Cl2NO. The zero-order chi connectivity index (χ0) is 13.8. The molecule has 0 radical (unpaired) electrons. The number of carbonyl (C=O) groups excluding carboxylic acids is 1. The normalized spacial score (nSPS) is 22.9. The van der Waals surface area contributed by atoms with Crippen LogP contribution in [0, 0.1) is 5.92 Å². The average Bonchev–Trinajstić information content (AvgIpc) is 2.76. The number of nitrogens with one attached hydrogen (secondary N) is 1. The summed E-state index contributed by atoms with van der Waals surface area (Å²) in [5, 5.41) is 4.20. The van der Waals surface area contributed by atoms with Crippen molar-refractivity contribution in [2.45, 2.75) is 32.2 Å². The van der Waals surface area contributed by atoms with E-state index in [1.54, 1.807) is 24.3 Å². The monoisotopic (exact) mass is 297 g/mol. The maximum atomic E-state index is 11.8. The molecule has 2 unspecified atom stereocenters. The number of benzene rings is 1. The van der Waals surface area contributed by atoms with Crippen LogP contribution in [0.1, 0.15) is 31.7 Å². The smallest absolute Gasteiger partial charge is 0.244 e. The largest absolute Gasteiger partial charge is 0.350 e. The first-order valence-corrected chi connectivity index (χ1v) is 7.24. The Bertz CT molecular complexity index is 499. The Labute approximate surface area is 123 Å². The lowest BCUT2D eigenvalue weighted by Crippen LogP contribution is -2.31. The van der Waals surface area contributed by atoms with E-state index in [-0.39, 0.29) is 5.91 Å². The van der Waals surface area contributed by atoms with Crippen LogP contribution in [0.3, 0.4) is 0 Å². The van der Waals surface area contributed by atoms with Crippen molar-refractivity contribution in [3.8, 4) is 0 Å². The highest BCUT2D eigenvalue weighted by Gasteiger charge is 2.21. The Hall–Kier alpha value is -0.990. The van der Waals surface area contributed by atoms with Gasteiger partial charge in [-0.25, -0.2) is 0 Å². The Balaban J connectivity index is 1.94. The summed E-state index contributed by atoms with van der Waals surface area (Å²) < 4.78 is 0. The molecule has 1 fully saturated rings. The number of amides is 1. The molecule has 4 heteroatoms. The van der Waals surface area contributed by atoms with Crippen molar-refractivity contribution >= 4 is 35.2 Å². The van der Waals surface area contributed by atoms with E-state index in [0.717, 1.165) is 18.4 Å². The molecule has 0 spiro atoms. The number of halogens is 2. The van der Waals surface area contributed by atoms with Gasteiger partial charge in [0.25, 0.3) is 0 Å². The van der Waals surface area contributed by atoms with Crippen molar-refractivity contribution < 1.29 is 4.79 Å². The third kappa shape index (κ3) is 4.26. The Morgan fingerprint density at radius 2 is 2.16 bits per heavy atom. The fourth-order valence-electron chi connectivity index (χ4n) is 2.40. The molecule has 2 rings (SSSR count).